The second-order valence-electron chi connectivity index (χ2n) is 1.53. The third-order valence-electron chi connectivity index (χ3n) is 0.624. The number of aliphatic carboxylic acids is 1. The summed E-state index contributed by atoms with van der Waals surface area (Å²) in [6, 6.07) is 0. The van der Waals surface area contributed by atoms with Crippen molar-refractivity contribution in [2.24, 2.45) is 5.73 Å². The van der Waals surface area contributed by atoms with E-state index in [-0.39, 0.29) is 5.11 Å². The lowest BCUT2D eigenvalue weighted by Gasteiger charge is -1.94. The van der Waals surface area contributed by atoms with E-state index in [9.17, 15) is 9.59 Å². The molecule has 0 heterocycles. The number of nitrogens with two attached hydrogens (primary N) is 1. The van der Waals surface area contributed by atoms with Gasteiger partial charge in [0.1, 0.15) is 0 Å². The lowest BCUT2D eigenvalue weighted by Crippen LogP contribution is -2.33. The highest BCUT2D eigenvalue weighted by Crippen LogP contribution is 1.73. The van der Waals surface area contributed by atoms with Crippen LogP contribution >= 0.6 is 12.2 Å². The maximum atomic E-state index is 10.5. The van der Waals surface area contributed by atoms with Gasteiger partial charge < -0.3 is 10.8 Å². The molecular formula is C5H6N2O3S. The first kappa shape index (κ1) is 9.57. The van der Waals surface area contributed by atoms with Crippen molar-refractivity contribution in [3.05, 3.63) is 12.2 Å². The van der Waals surface area contributed by atoms with Crippen LogP contribution in [0.15, 0.2) is 12.2 Å². The summed E-state index contributed by atoms with van der Waals surface area (Å²) in [7, 11) is 0. The van der Waals surface area contributed by atoms with Crippen molar-refractivity contribution >= 4 is 29.2 Å². The highest BCUT2D eigenvalue weighted by Gasteiger charge is 1.95. The fourth-order valence-electron chi connectivity index (χ4n) is 0.310. The Bertz CT molecular complexity index is 224. The Balaban J connectivity index is 3.88. The van der Waals surface area contributed by atoms with Gasteiger partial charge in [0.25, 0.3) is 0 Å². The topological polar surface area (TPSA) is 92.4 Å². The maximum Gasteiger partial charge on any atom is 0.328 e. The first-order valence-electron chi connectivity index (χ1n) is 2.54. The summed E-state index contributed by atoms with van der Waals surface area (Å²) in [5, 5.41) is 9.89. The molecule has 0 aromatic heterocycles. The number of rotatable bonds is 2. The van der Waals surface area contributed by atoms with Crippen LogP contribution in [0.25, 0.3) is 0 Å². The largest absolute Gasteiger partial charge is 0.478 e. The predicted octanol–water partition coefficient (Wildman–Crippen LogP) is -1.01. The molecule has 0 aliphatic carbocycles. The predicted molar refractivity (Wildman–Crippen MR) is 41.7 cm³/mol. The number of carboxylic acids is 1. The molecule has 0 bridgehead atoms. The summed E-state index contributed by atoms with van der Waals surface area (Å²) in [4.78, 5) is 20.4. The molecule has 0 fully saturated rings. The minimum atomic E-state index is -1.21. The van der Waals surface area contributed by atoms with E-state index in [1.807, 2.05) is 5.32 Å². The van der Waals surface area contributed by atoms with Gasteiger partial charge in [0.05, 0.1) is 0 Å². The number of amides is 1. The van der Waals surface area contributed by atoms with Gasteiger partial charge in [0.2, 0.25) is 5.91 Å². The van der Waals surface area contributed by atoms with E-state index >= 15 is 0 Å². The molecule has 6 heteroatoms. The Morgan fingerprint density at radius 3 is 2.36 bits per heavy atom. The van der Waals surface area contributed by atoms with E-state index in [1.54, 1.807) is 0 Å². The Morgan fingerprint density at radius 1 is 1.45 bits per heavy atom. The number of hydrogen-bond acceptors (Lipinski definition) is 3. The molecule has 0 atom stereocenters. The van der Waals surface area contributed by atoms with Crippen LogP contribution in [0.2, 0.25) is 0 Å². The van der Waals surface area contributed by atoms with Crippen LogP contribution < -0.4 is 11.1 Å². The number of carboxylic acid groups (broad SMARTS) is 1. The normalized spacial score (nSPS) is 9.45. The minimum Gasteiger partial charge on any atom is -0.478 e. The van der Waals surface area contributed by atoms with Crippen LogP contribution in [0, 0.1) is 0 Å². The van der Waals surface area contributed by atoms with Crippen molar-refractivity contribution in [1.29, 1.82) is 0 Å². The van der Waals surface area contributed by atoms with E-state index < -0.39 is 11.9 Å². The maximum absolute atomic E-state index is 10.5. The third kappa shape index (κ3) is 6.46. The van der Waals surface area contributed by atoms with E-state index in [4.69, 9.17) is 10.8 Å². The molecule has 0 aromatic rings. The van der Waals surface area contributed by atoms with Crippen LogP contribution in [0.5, 0.6) is 0 Å². The van der Waals surface area contributed by atoms with E-state index in [1.165, 1.54) is 0 Å². The van der Waals surface area contributed by atoms with Crippen LogP contribution in [0.1, 0.15) is 0 Å². The Kier molecular flexibility index (Phi) is 3.82. The van der Waals surface area contributed by atoms with Gasteiger partial charge in [0.15, 0.2) is 5.11 Å². The Morgan fingerprint density at radius 2 is 2.00 bits per heavy atom. The minimum absolute atomic E-state index is 0.190. The number of carbonyl (C=O) groups excluding carboxylic acids is 1. The van der Waals surface area contributed by atoms with E-state index in [0.29, 0.717) is 6.08 Å². The first-order chi connectivity index (χ1) is 5.02. The average Bonchev–Trinajstić information content (AvgIpc) is 1.82. The molecule has 0 spiro atoms. The van der Waals surface area contributed by atoms with Gasteiger partial charge in [-0.1, -0.05) is 0 Å². The molecule has 0 saturated heterocycles. The molecule has 5 nitrogen and oxygen atoms in total. The van der Waals surface area contributed by atoms with Crippen molar-refractivity contribution in [3.8, 4) is 0 Å². The van der Waals surface area contributed by atoms with Crippen molar-refractivity contribution < 1.29 is 14.7 Å². The molecule has 1 amide bonds. The zero-order valence-corrected chi connectivity index (χ0v) is 6.22. The monoisotopic (exact) mass is 174 g/mol. The standard InChI is InChI=1S/C5H6N2O3S/c6-5(11)7-3(8)1-2-4(9)10/h1-2H,(H,9,10)(H3,6,7,8,11)/b2-1+. The first-order valence-corrected chi connectivity index (χ1v) is 2.94. The van der Waals surface area contributed by atoms with Gasteiger partial charge in [-0.05, 0) is 12.2 Å². The van der Waals surface area contributed by atoms with Gasteiger partial charge in [-0.25, -0.2) is 4.79 Å². The van der Waals surface area contributed by atoms with Crippen LogP contribution in [0.4, 0.5) is 0 Å². The fraction of sp³-hybridized carbons (Fsp3) is 0. The van der Waals surface area contributed by atoms with Crippen molar-refractivity contribution in [1.82, 2.24) is 5.32 Å². The summed E-state index contributed by atoms with van der Waals surface area (Å²) in [6.07, 6.45) is 1.51. The molecule has 0 aliphatic heterocycles. The number of thiocarbonyl (C=S) groups is 1. The van der Waals surface area contributed by atoms with Gasteiger partial charge in [-0.15, -0.1) is 0 Å². The number of nitrogens with one attached hydrogen (secondary N) is 1. The van der Waals surface area contributed by atoms with Crippen LogP contribution in [0.3, 0.4) is 0 Å². The second kappa shape index (κ2) is 4.40. The highest BCUT2D eigenvalue weighted by molar-refractivity contribution is 7.80. The lowest BCUT2D eigenvalue weighted by molar-refractivity contribution is -0.131. The summed E-state index contributed by atoms with van der Waals surface area (Å²) in [5.41, 5.74) is 4.92. The van der Waals surface area contributed by atoms with Gasteiger partial charge in [-0.3, -0.25) is 10.1 Å². The zero-order chi connectivity index (χ0) is 8.85. The van der Waals surface area contributed by atoms with Crippen molar-refractivity contribution in [3.63, 3.8) is 0 Å². The molecule has 0 saturated carbocycles. The number of carbonyl (C=O) groups is 2. The quantitative estimate of drug-likeness (QED) is 0.368. The SMILES string of the molecule is NC(=S)NC(=O)/C=C/C(=O)O. The molecule has 0 aliphatic rings. The van der Waals surface area contributed by atoms with Gasteiger partial charge >= 0.3 is 5.97 Å². The van der Waals surface area contributed by atoms with Gasteiger partial charge in [-0.2, -0.15) is 0 Å². The number of hydrogen-bond donors (Lipinski definition) is 3. The average molecular weight is 174 g/mol. The molecular weight excluding hydrogens is 168 g/mol. The molecule has 0 aromatic carbocycles. The van der Waals surface area contributed by atoms with E-state index in [0.717, 1.165) is 6.08 Å². The molecule has 11 heavy (non-hydrogen) atoms. The second-order valence-corrected chi connectivity index (χ2v) is 1.96. The molecule has 4 N–H and O–H groups in total. The van der Waals surface area contributed by atoms with E-state index in [2.05, 4.69) is 12.2 Å². The van der Waals surface area contributed by atoms with Crippen molar-refractivity contribution in [2.45, 2.75) is 0 Å². The zero-order valence-electron chi connectivity index (χ0n) is 5.40. The summed E-state index contributed by atoms with van der Waals surface area (Å²) in [6.45, 7) is 0. The third-order valence-corrected chi connectivity index (χ3v) is 0.726. The Hall–Kier alpha value is -1.43. The smallest absolute Gasteiger partial charge is 0.328 e. The molecule has 0 unspecified atom stereocenters. The summed E-state index contributed by atoms with van der Waals surface area (Å²) >= 11 is 4.32. The highest BCUT2D eigenvalue weighted by atomic mass is 32.1. The van der Waals surface area contributed by atoms with Crippen molar-refractivity contribution in [2.75, 3.05) is 0 Å². The summed E-state index contributed by atoms with van der Waals surface area (Å²) in [5.74, 6) is -1.86. The lowest BCUT2D eigenvalue weighted by atomic mass is 10.5. The molecule has 60 valence electrons. The Labute approximate surface area is 67.9 Å². The fourth-order valence-corrected chi connectivity index (χ4v) is 0.411. The molecule has 0 rings (SSSR count). The van der Waals surface area contributed by atoms with Crippen LogP contribution in [-0.4, -0.2) is 22.1 Å². The molecule has 0 radical (unpaired) electrons. The van der Waals surface area contributed by atoms with Gasteiger partial charge in [0, 0.05) is 12.2 Å². The van der Waals surface area contributed by atoms with Crippen LogP contribution in [-0.2, 0) is 9.59 Å². The summed E-state index contributed by atoms with van der Waals surface area (Å²) < 4.78 is 0.